The maximum Gasteiger partial charge on any atom is 0.251 e. The van der Waals surface area contributed by atoms with Crippen LogP contribution in [0.5, 0.6) is 5.75 Å². The monoisotopic (exact) mass is 380 g/mol. The third kappa shape index (κ3) is 4.17. The Kier molecular flexibility index (Phi) is 5.30. The van der Waals surface area contributed by atoms with Gasteiger partial charge in [0.25, 0.3) is 5.91 Å². The first-order valence-corrected chi connectivity index (χ1v) is 9.64. The molecule has 1 aliphatic heterocycles. The molecule has 2 fully saturated rings. The van der Waals surface area contributed by atoms with Crippen molar-refractivity contribution in [1.29, 1.82) is 0 Å². The Morgan fingerprint density at radius 2 is 1.86 bits per heavy atom. The number of rotatable bonds is 5. The number of phenolic OH excluding ortho intramolecular Hbond substituents is 1. The third-order valence-electron chi connectivity index (χ3n) is 5.41. The Balaban J connectivity index is 1.28. The van der Waals surface area contributed by atoms with Gasteiger partial charge in [-0.2, -0.15) is 0 Å². The maximum absolute atomic E-state index is 12.8. The molecule has 2 aromatic carbocycles. The van der Waals surface area contributed by atoms with Crippen molar-refractivity contribution in [2.24, 2.45) is 5.92 Å². The van der Waals surface area contributed by atoms with Crippen LogP contribution in [0, 0.1) is 5.92 Å². The zero-order valence-electron chi connectivity index (χ0n) is 15.6. The van der Waals surface area contributed by atoms with E-state index in [9.17, 15) is 14.7 Å². The van der Waals surface area contributed by atoms with Crippen molar-refractivity contribution >= 4 is 11.8 Å². The second-order valence-corrected chi connectivity index (χ2v) is 7.39. The lowest BCUT2D eigenvalue weighted by molar-refractivity contribution is -0.140. The fraction of sp³-hybridized carbons (Fsp3) is 0.364. The van der Waals surface area contributed by atoms with Gasteiger partial charge >= 0.3 is 0 Å². The van der Waals surface area contributed by atoms with Gasteiger partial charge in [0.15, 0.2) is 0 Å². The number of carbonyl (C=O) groups is 2. The summed E-state index contributed by atoms with van der Waals surface area (Å²) in [6, 6.07) is 16.3. The van der Waals surface area contributed by atoms with E-state index < -0.39 is 0 Å². The summed E-state index contributed by atoms with van der Waals surface area (Å²) in [6.07, 6.45) is 0.690. The van der Waals surface area contributed by atoms with Crippen molar-refractivity contribution in [3.05, 3.63) is 65.7 Å². The van der Waals surface area contributed by atoms with Gasteiger partial charge in [-0.3, -0.25) is 9.59 Å². The summed E-state index contributed by atoms with van der Waals surface area (Å²) in [4.78, 5) is 26.9. The first kappa shape index (κ1) is 18.5. The van der Waals surface area contributed by atoms with Gasteiger partial charge in [0.05, 0.1) is 12.7 Å². The van der Waals surface area contributed by atoms with Crippen LogP contribution in [0.4, 0.5) is 0 Å². The molecule has 4 rings (SSSR count). The van der Waals surface area contributed by atoms with Crippen LogP contribution in [-0.4, -0.2) is 54.2 Å². The highest BCUT2D eigenvalue weighted by atomic mass is 16.5. The summed E-state index contributed by atoms with van der Waals surface area (Å²) in [5.74, 6) is 0.470. The summed E-state index contributed by atoms with van der Waals surface area (Å²) in [6.45, 7) is 1.91. The molecule has 146 valence electrons. The number of hydrogen-bond acceptors (Lipinski definition) is 4. The number of phenols is 1. The number of morpholine rings is 1. The number of nitrogens with one attached hydrogen (secondary N) is 1. The fourth-order valence-corrected chi connectivity index (χ4v) is 3.74. The van der Waals surface area contributed by atoms with Crippen LogP contribution in [0.15, 0.2) is 54.6 Å². The van der Waals surface area contributed by atoms with Gasteiger partial charge in [-0.25, -0.2) is 0 Å². The van der Waals surface area contributed by atoms with Crippen LogP contribution in [0.2, 0.25) is 0 Å². The van der Waals surface area contributed by atoms with E-state index in [0.29, 0.717) is 37.7 Å². The van der Waals surface area contributed by atoms with Gasteiger partial charge < -0.3 is 20.1 Å². The lowest BCUT2D eigenvalue weighted by Crippen LogP contribution is -2.50. The predicted octanol–water partition coefficient (Wildman–Crippen LogP) is 2.15. The minimum atomic E-state index is -0.224. The van der Waals surface area contributed by atoms with Gasteiger partial charge in [-0.05, 0) is 42.2 Å². The van der Waals surface area contributed by atoms with E-state index in [0.717, 1.165) is 6.42 Å². The Bertz CT molecular complexity index is 837. The van der Waals surface area contributed by atoms with Crippen molar-refractivity contribution < 1.29 is 19.4 Å². The van der Waals surface area contributed by atoms with Crippen molar-refractivity contribution in [3.63, 3.8) is 0 Å². The molecule has 2 aromatic rings. The maximum atomic E-state index is 12.8. The molecule has 6 heteroatoms. The Morgan fingerprint density at radius 3 is 2.61 bits per heavy atom. The highest BCUT2D eigenvalue weighted by molar-refractivity contribution is 5.94. The molecule has 1 aliphatic carbocycles. The number of aromatic hydroxyl groups is 1. The summed E-state index contributed by atoms with van der Waals surface area (Å²) < 4.78 is 5.73. The average molecular weight is 380 g/mol. The molecule has 1 saturated carbocycles. The van der Waals surface area contributed by atoms with Gasteiger partial charge in [-0.15, -0.1) is 0 Å². The standard InChI is InChI=1S/C22H24N2O4/c25-17-8-6-16(7-9-17)21(26)23-13-18-14-24(10-11-28-18)22(27)20-12-19(20)15-4-2-1-3-5-15/h1-9,18-20,25H,10-14H2,(H,23,26)/t18-,19+,20?/m1/s1. The number of nitrogens with zero attached hydrogens (tertiary/aromatic N) is 1. The third-order valence-corrected chi connectivity index (χ3v) is 5.41. The smallest absolute Gasteiger partial charge is 0.251 e. The molecule has 0 spiro atoms. The zero-order chi connectivity index (χ0) is 19.5. The van der Waals surface area contributed by atoms with E-state index in [4.69, 9.17) is 4.74 Å². The van der Waals surface area contributed by atoms with Crippen molar-refractivity contribution in [1.82, 2.24) is 10.2 Å². The Hall–Kier alpha value is -2.86. The molecule has 1 unspecified atom stereocenters. The fourth-order valence-electron chi connectivity index (χ4n) is 3.74. The number of hydrogen-bond donors (Lipinski definition) is 2. The van der Waals surface area contributed by atoms with Crippen LogP contribution < -0.4 is 5.32 Å². The molecule has 3 atom stereocenters. The largest absolute Gasteiger partial charge is 0.508 e. The van der Waals surface area contributed by atoms with Crippen LogP contribution >= 0.6 is 0 Å². The molecule has 1 saturated heterocycles. The summed E-state index contributed by atoms with van der Waals surface area (Å²) >= 11 is 0. The van der Waals surface area contributed by atoms with E-state index in [1.165, 1.54) is 17.7 Å². The van der Waals surface area contributed by atoms with E-state index in [1.54, 1.807) is 12.1 Å². The number of ether oxygens (including phenoxy) is 1. The van der Waals surface area contributed by atoms with Crippen LogP contribution in [0.25, 0.3) is 0 Å². The van der Waals surface area contributed by atoms with E-state index in [2.05, 4.69) is 17.4 Å². The van der Waals surface area contributed by atoms with Gasteiger partial charge in [-0.1, -0.05) is 30.3 Å². The van der Waals surface area contributed by atoms with Gasteiger partial charge in [0.1, 0.15) is 5.75 Å². The molecule has 2 N–H and O–H groups in total. The zero-order valence-corrected chi connectivity index (χ0v) is 15.6. The van der Waals surface area contributed by atoms with Crippen LogP contribution in [0.1, 0.15) is 28.3 Å². The number of benzene rings is 2. The molecule has 2 aliphatic rings. The highest BCUT2D eigenvalue weighted by Gasteiger charge is 2.46. The minimum absolute atomic E-state index is 0.0627. The van der Waals surface area contributed by atoms with Crippen LogP contribution in [0.3, 0.4) is 0 Å². The topological polar surface area (TPSA) is 78.9 Å². The number of amides is 2. The normalized spacial score (nSPS) is 23.9. The second-order valence-electron chi connectivity index (χ2n) is 7.39. The molecule has 1 heterocycles. The lowest BCUT2D eigenvalue weighted by Gasteiger charge is -2.33. The minimum Gasteiger partial charge on any atom is -0.508 e. The molecular formula is C22H24N2O4. The highest BCUT2D eigenvalue weighted by Crippen LogP contribution is 2.48. The quantitative estimate of drug-likeness (QED) is 0.833. The molecule has 28 heavy (non-hydrogen) atoms. The van der Waals surface area contributed by atoms with E-state index in [1.807, 2.05) is 23.1 Å². The summed E-state index contributed by atoms with van der Waals surface area (Å²) in [7, 11) is 0. The predicted molar refractivity (Wildman–Crippen MR) is 104 cm³/mol. The molecule has 0 aromatic heterocycles. The van der Waals surface area contributed by atoms with E-state index >= 15 is 0 Å². The van der Waals surface area contributed by atoms with Gasteiger partial charge in [0, 0.05) is 31.1 Å². The van der Waals surface area contributed by atoms with Crippen LogP contribution in [-0.2, 0) is 9.53 Å². The first-order valence-electron chi connectivity index (χ1n) is 9.64. The number of carbonyl (C=O) groups excluding carboxylic acids is 2. The molecular weight excluding hydrogens is 356 g/mol. The average Bonchev–Trinajstić information content (AvgIpc) is 3.54. The summed E-state index contributed by atoms with van der Waals surface area (Å²) in [5, 5.41) is 12.1. The first-order chi connectivity index (χ1) is 13.6. The lowest BCUT2D eigenvalue weighted by atomic mass is 10.1. The Morgan fingerprint density at radius 1 is 1.11 bits per heavy atom. The van der Waals surface area contributed by atoms with Gasteiger partial charge in [0.2, 0.25) is 5.91 Å². The van der Waals surface area contributed by atoms with E-state index in [-0.39, 0.29) is 29.6 Å². The molecule has 2 amide bonds. The molecule has 0 radical (unpaired) electrons. The molecule has 6 nitrogen and oxygen atoms in total. The van der Waals surface area contributed by atoms with Crippen molar-refractivity contribution in [2.45, 2.75) is 18.4 Å². The SMILES string of the molecule is O=C(NC[C@@H]1CN(C(=O)C2C[C@H]2c2ccccc2)CCO1)c1ccc(O)cc1. The summed E-state index contributed by atoms with van der Waals surface area (Å²) in [5.41, 5.74) is 1.71. The van der Waals surface area contributed by atoms with Crippen molar-refractivity contribution in [2.75, 3.05) is 26.2 Å². The van der Waals surface area contributed by atoms with Crippen molar-refractivity contribution in [3.8, 4) is 5.75 Å². The second kappa shape index (κ2) is 8.02. The molecule has 0 bridgehead atoms. The Labute approximate surface area is 164 Å².